The monoisotopic (exact) mass is 227 g/mol. The number of aromatic nitrogens is 2. The van der Waals surface area contributed by atoms with Gasteiger partial charge in [-0.3, -0.25) is 4.79 Å². The van der Waals surface area contributed by atoms with Gasteiger partial charge in [0.25, 0.3) is 0 Å². The van der Waals surface area contributed by atoms with E-state index in [2.05, 4.69) is 15.3 Å². The van der Waals surface area contributed by atoms with E-state index < -0.39 is 0 Å². The Kier molecular flexibility index (Phi) is 4.89. The van der Waals surface area contributed by atoms with Gasteiger partial charge in [0, 0.05) is 13.2 Å². The molecule has 5 nitrogen and oxygen atoms in total. The lowest BCUT2D eigenvalue weighted by atomic mass is 10.7. The average Bonchev–Trinajstić information content (AvgIpc) is 2.27. The summed E-state index contributed by atoms with van der Waals surface area (Å²) in [6.45, 7) is 2.19. The molecule has 0 aromatic carbocycles. The van der Waals surface area contributed by atoms with Crippen LogP contribution in [-0.2, 0) is 9.53 Å². The maximum absolute atomic E-state index is 11.1. The third-order valence-electron chi connectivity index (χ3n) is 1.50. The van der Waals surface area contributed by atoms with E-state index in [1.165, 1.54) is 11.8 Å². The van der Waals surface area contributed by atoms with Crippen molar-refractivity contribution in [3.05, 3.63) is 12.3 Å². The first-order valence-corrected chi connectivity index (χ1v) is 5.54. The Bertz CT molecular complexity index is 333. The van der Waals surface area contributed by atoms with Gasteiger partial charge < -0.3 is 10.1 Å². The number of ether oxygens (including phenoxy) is 1. The lowest BCUT2D eigenvalue weighted by Crippen LogP contribution is -2.07. The van der Waals surface area contributed by atoms with E-state index in [-0.39, 0.29) is 11.7 Å². The Hall–Kier alpha value is -1.30. The minimum Gasteiger partial charge on any atom is -0.465 e. The summed E-state index contributed by atoms with van der Waals surface area (Å²) in [5.74, 6) is 0.588. The van der Waals surface area contributed by atoms with Crippen LogP contribution in [0.25, 0.3) is 0 Å². The van der Waals surface area contributed by atoms with E-state index in [1.807, 2.05) is 0 Å². The quantitative estimate of drug-likeness (QED) is 0.463. The molecule has 0 aliphatic heterocycles. The molecular formula is C9H13N3O2S. The second kappa shape index (κ2) is 6.23. The molecule has 0 saturated heterocycles. The van der Waals surface area contributed by atoms with Gasteiger partial charge in [-0.25, -0.2) is 9.97 Å². The van der Waals surface area contributed by atoms with Gasteiger partial charge in [-0.15, -0.1) is 0 Å². The highest BCUT2D eigenvalue weighted by atomic mass is 32.2. The fraction of sp³-hybridized carbons (Fsp3) is 0.444. The largest absolute Gasteiger partial charge is 0.465 e. The van der Waals surface area contributed by atoms with Crippen LogP contribution in [0.3, 0.4) is 0 Å². The fourth-order valence-electron chi connectivity index (χ4n) is 0.879. The molecule has 0 atom stereocenters. The van der Waals surface area contributed by atoms with Gasteiger partial charge in [0.2, 0.25) is 5.95 Å². The predicted octanol–water partition coefficient (Wildman–Crippen LogP) is 1.17. The highest BCUT2D eigenvalue weighted by Gasteiger charge is 2.04. The van der Waals surface area contributed by atoms with E-state index >= 15 is 0 Å². The Labute approximate surface area is 92.6 Å². The molecule has 0 bridgehead atoms. The Morgan fingerprint density at radius 1 is 1.67 bits per heavy atom. The van der Waals surface area contributed by atoms with Gasteiger partial charge >= 0.3 is 5.97 Å². The highest BCUT2D eigenvalue weighted by Crippen LogP contribution is 2.15. The van der Waals surface area contributed by atoms with Crippen molar-refractivity contribution < 1.29 is 9.53 Å². The predicted molar refractivity (Wildman–Crippen MR) is 58.9 cm³/mol. The smallest absolute Gasteiger partial charge is 0.316 e. The fourth-order valence-corrected chi connectivity index (χ4v) is 1.54. The number of anilines is 1. The number of rotatable bonds is 5. The summed E-state index contributed by atoms with van der Waals surface area (Å²) in [7, 11) is 1.75. The summed E-state index contributed by atoms with van der Waals surface area (Å²) in [4.78, 5) is 19.2. The van der Waals surface area contributed by atoms with Crippen molar-refractivity contribution in [1.82, 2.24) is 9.97 Å². The summed E-state index contributed by atoms with van der Waals surface area (Å²) in [5, 5.41) is 3.58. The molecule has 1 aromatic heterocycles. The molecule has 1 heterocycles. The lowest BCUT2D eigenvalue weighted by Gasteiger charge is -2.02. The third kappa shape index (κ3) is 4.16. The molecule has 0 aliphatic carbocycles. The van der Waals surface area contributed by atoms with Crippen LogP contribution in [0.1, 0.15) is 6.92 Å². The van der Waals surface area contributed by atoms with Gasteiger partial charge in [0.15, 0.2) is 0 Å². The standard InChI is InChI=1S/C9H13N3O2S/c1-3-14-8(13)6-15-7-4-5-11-9(10-2)12-7/h4-5H,3,6H2,1-2H3,(H,10,11,12). The van der Waals surface area contributed by atoms with E-state index in [0.717, 1.165) is 5.03 Å². The molecule has 0 radical (unpaired) electrons. The second-order valence-electron chi connectivity index (χ2n) is 2.56. The normalized spacial score (nSPS) is 9.73. The molecule has 0 aliphatic rings. The first kappa shape index (κ1) is 11.8. The highest BCUT2D eigenvalue weighted by molar-refractivity contribution is 7.99. The molecule has 1 rings (SSSR count). The summed E-state index contributed by atoms with van der Waals surface area (Å²) in [5.41, 5.74) is 0. The van der Waals surface area contributed by atoms with E-state index in [0.29, 0.717) is 12.6 Å². The Morgan fingerprint density at radius 2 is 2.47 bits per heavy atom. The zero-order valence-electron chi connectivity index (χ0n) is 8.69. The molecule has 0 spiro atoms. The van der Waals surface area contributed by atoms with Gasteiger partial charge in [-0.05, 0) is 13.0 Å². The number of esters is 1. The van der Waals surface area contributed by atoms with Gasteiger partial charge in [-0.1, -0.05) is 11.8 Å². The molecule has 0 saturated carbocycles. The third-order valence-corrected chi connectivity index (χ3v) is 2.40. The number of hydrogen-bond donors (Lipinski definition) is 1. The van der Waals surface area contributed by atoms with Crippen LogP contribution >= 0.6 is 11.8 Å². The van der Waals surface area contributed by atoms with Crippen LogP contribution in [0, 0.1) is 0 Å². The molecule has 0 unspecified atom stereocenters. The second-order valence-corrected chi connectivity index (χ2v) is 3.56. The van der Waals surface area contributed by atoms with Crippen LogP contribution in [0.5, 0.6) is 0 Å². The Morgan fingerprint density at radius 3 is 3.13 bits per heavy atom. The minimum atomic E-state index is -0.230. The number of nitrogens with one attached hydrogen (secondary N) is 1. The van der Waals surface area contributed by atoms with Crippen molar-refractivity contribution in [3.8, 4) is 0 Å². The Balaban J connectivity index is 2.46. The van der Waals surface area contributed by atoms with E-state index in [9.17, 15) is 4.79 Å². The summed E-state index contributed by atoms with van der Waals surface area (Å²) >= 11 is 1.33. The molecule has 6 heteroatoms. The minimum absolute atomic E-state index is 0.230. The topological polar surface area (TPSA) is 64.1 Å². The maximum Gasteiger partial charge on any atom is 0.316 e. The first-order valence-electron chi connectivity index (χ1n) is 4.55. The summed E-state index contributed by atoms with van der Waals surface area (Å²) in [6, 6.07) is 1.75. The molecule has 1 aromatic rings. The van der Waals surface area contributed by atoms with Crippen LogP contribution in [0.2, 0.25) is 0 Å². The number of carbonyl (C=O) groups is 1. The first-order chi connectivity index (χ1) is 7.26. The number of hydrogen-bond acceptors (Lipinski definition) is 6. The molecule has 0 amide bonds. The van der Waals surface area contributed by atoms with E-state index in [1.54, 1.807) is 26.2 Å². The molecule has 1 N–H and O–H groups in total. The van der Waals surface area contributed by atoms with Crippen molar-refractivity contribution in [1.29, 1.82) is 0 Å². The summed E-state index contributed by atoms with van der Waals surface area (Å²) in [6.07, 6.45) is 1.65. The number of carbonyl (C=O) groups excluding carboxylic acids is 1. The van der Waals surface area contributed by atoms with Gasteiger partial charge in [0.05, 0.1) is 12.4 Å². The SMILES string of the molecule is CCOC(=O)CSc1ccnc(NC)n1. The van der Waals surface area contributed by atoms with Crippen LogP contribution < -0.4 is 5.32 Å². The zero-order valence-corrected chi connectivity index (χ0v) is 9.50. The van der Waals surface area contributed by atoms with Gasteiger partial charge in [0.1, 0.15) is 5.03 Å². The molecule has 0 fully saturated rings. The molecule has 82 valence electrons. The van der Waals surface area contributed by atoms with Crippen LogP contribution in [0.4, 0.5) is 5.95 Å². The molecular weight excluding hydrogens is 214 g/mol. The van der Waals surface area contributed by atoms with Crippen molar-refractivity contribution in [2.24, 2.45) is 0 Å². The van der Waals surface area contributed by atoms with Crippen LogP contribution in [-0.4, -0.2) is 35.3 Å². The van der Waals surface area contributed by atoms with Crippen molar-refractivity contribution in [2.75, 3.05) is 24.7 Å². The van der Waals surface area contributed by atoms with Crippen LogP contribution in [0.15, 0.2) is 17.3 Å². The summed E-state index contributed by atoms with van der Waals surface area (Å²) < 4.78 is 4.80. The van der Waals surface area contributed by atoms with Crippen molar-refractivity contribution in [2.45, 2.75) is 11.9 Å². The van der Waals surface area contributed by atoms with Crippen molar-refractivity contribution in [3.63, 3.8) is 0 Å². The maximum atomic E-state index is 11.1. The number of nitrogens with zero attached hydrogens (tertiary/aromatic N) is 2. The van der Waals surface area contributed by atoms with E-state index in [4.69, 9.17) is 4.74 Å². The average molecular weight is 227 g/mol. The lowest BCUT2D eigenvalue weighted by molar-refractivity contribution is -0.139. The molecule has 15 heavy (non-hydrogen) atoms. The number of thioether (sulfide) groups is 1. The van der Waals surface area contributed by atoms with Crippen molar-refractivity contribution >= 4 is 23.7 Å². The zero-order chi connectivity index (χ0) is 11.1. The van der Waals surface area contributed by atoms with Gasteiger partial charge in [-0.2, -0.15) is 0 Å².